The van der Waals surface area contributed by atoms with E-state index in [1.165, 1.54) is 4.70 Å². The van der Waals surface area contributed by atoms with E-state index in [2.05, 4.69) is 27.5 Å². The van der Waals surface area contributed by atoms with Crippen molar-refractivity contribution in [2.24, 2.45) is 0 Å². The van der Waals surface area contributed by atoms with Gasteiger partial charge in [0.15, 0.2) is 5.13 Å². The van der Waals surface area contributed by atoms with Crippen LogP contribution in [0.15, 0.2) is 36.7 Å². The van der Waals surface area contributed by atoms with Gasteiger partial charge in [0, 0.05) is 18.8 Å². The summed E-state index contributed by atoms with van der Waals surface area (Å²) in [7, 11) is 0. The van der Waals surface area contributed by atoms with Gasteiger partial charge >= 0.3 is 0 Å². The first-order chi connectivity index (χ1) is 7.88. The minimum atomic E-state index is 0.920. The summed E-state index contributed by atoms with van der Waals surface area (Å²) in [5, 5.41) is 0.996. The number of rotatable bonds is 2. The number of hydrogen-bond donors (Lipinski definition) is 0. The van der Waals surface area contributed by atoms with Crippen molar-refractivity contribution in [1.82, 2.24) is 14.5 Å². The second kappa shape index (κ2) is 3.72. The summed E-state index contributed by atoms with van der Waals surface area (Å²) in [5.41, 5.74) is 1.05. The predicted octanol–water partition coefficient (Wildman–Crippen LogP) is 3.04. The Labute approximate surface area is 97.4 Å². The summed E-state index contributed by atoms with van der Waals surface area (Å²) in [6, 6.07) is 8.19. The summed E-state index contributed by atoms with van der Waals surface area (Å²) >= 11 is 1.70. The van der Waals surface area contributed by atoms with Crippen molar-refractivity contribution in [3.05, 3.63) is 42.5 Å². The summed E-state index contributed by atoms with van der Waals surface area (Å²) in [4.78, 5) is 8.92. The largest absolute Gasteiger partial charge is 0.279 e. The van der Waals surface area contributed by atoms with E-state index < -0.39 is 0 Å². The quantitative estimate of drug-likeness (QED) is 0.676. The first kappa shape index (κ1) is 9.54. The average Bonchev–Trinajstić information content (AvgIpc) is 2.94. The van der Waals surface area contributed by atoms with Crippen molar-refractivity contribution >= 4 is 21.6 Å². The Morgan fingerprint density at radius 2 is 2.19 bits per heavy atom. The fourth-order valence-electron chi connectivity index (χ4n) is 1.73. The molecule has 80 valence electrons. The standard InChI is InChI=1S/C12H11N3S/c1-2-11-13-7-8-15(11)12-14-9-5-3-4-6-10(9)16-12/h3-8H,2H2,1H3. The SMILES string of the molecule is CCc1nccn1-c1nc2ccccc2s1. The van der Waals surface area contributed by atoms with Crippen molar-refractivity contribution in [3.8, 4) is 5.13 Å². The molecule has 0 amide bonds. The normalized spacial score (nSPS) is 11.1. The van der Waals surface area contributed by atoms with E-state index in [-0.39, 0.29) is 0 Å². The van der Waals surface area contributed by atoms with Gasteiger partial charge in [-0.3, -0.25) is 4.57 Å². The molecule has 3 nitrogen and oxygen atoms in total. The van der Waals surface area contributed by atoms with E-state index in [1.54, 1.807) is 11.3 Å². The third-order valence-electron chi connectivity index (χ3n) is 2.52. The molecular weight excluding hydrogens is 218 g/mol. The molecule has 0 aliphatic rings. The number of thiazole rings is 1. The van der Waals surface area contributed by atoms with E-state index in [0.29, 0.717) is 0 Å². The Kier molecular flexibility index (Phi) is 2.22. The molecule has 0 saturated carbocycles. The highest BCUT2D eigenvalue weighted by atomic mass is 32.1. The van der Waals surface area contributed by atoms with Crippen molar-refractivity contribution in [2.75, 3.05) is 0 Å². The highest BCUT2D eigenvalue weighted by Gasteiger charge is 2.08. The Balaban J connectivity index is 2.19. The maximum atomic E-state index is 4.61. The molecule has 0 spiro atoms. The molecule has 0 unspecified atom stereocenters. The van der Waals surface area contributed by atoms with Crippen LogP contribution in [0.5, 0.6) is 0 Å². The van der Waals surface area contributed by atoms with Gasteiger partial charge in [-0.2, -0.15) is 0 Å². The van der Waals surface area contributed by atoms with Gasteiger partial charge in [-0.15, -0.1) is 0 Å². The minimum absolute atomic E-state index is 0.920. The van der Waals surface area contributed by atoms with Crippen LogP contribution in [0, 0.1) is 0 Å². The van der Waals surface area contributed by atoms with Crippen LogP contribution >= 0.6 is 11.3 Å². The fraction of sp³-hybridized carbons (Fsp3) is 0.167. The van der Waals surface area contributed by atoms with Crippen LogP contribution in [0.25, 0.3) is 15.3 Å². The molecule has 4 heteroatoms. The van der Waals surface area contributed by atoms with Gasteiger partial charge in [0.1, 0.15) is 5.82 Å². The van der Waals surface area contributed by atoms with Crippen LogP contribution in [0.2, 0.25) is 0 Å². The predicted molar refractivity (Wildman–Crippen MR) is 66.1 cm³/mol. The molecule has 3 aromatic rings. The molecule has 0 N–H and O–H groups in total. The van der Waals surface area contributed by atoms with E-state index in [1.807, 2.05) is 30.6 Å². The first-order valence-corrected chi connectivity index (χ1v) is 6.08. The smallest absolute Gasteiger partial charge is 0.196 e. The molecule has 0 bridgehead atoms. The number of hydrogen-bond acceptors (Lipinski definition) is 3. The number of nitrogens with zero attached hydrogens (tertiary/aromatic N) is 3. The number of benzene rings is 1. The molecule has 0 fully saturated rings. The summed E-state index contributed by atoms with van der Waals surface area (Å²) < 4.78 is 3.28. The van der Waals surface area contributed by atoms with Gasteiger partial charge in [-0.25, -0.2) is 9.97 Å². The van der Waals surface area contributed by atoms with Gasteiger partial charge in [0.2, 0.25) is 0 Å². The van der Waals surface area contributed by atoms with Gasteiger partial charge in [0.05, 0.1) is 10.2 Å². The van der Waals surface area contributed by atoms with E-state index >= 15 is 0 Å². The van der Waals surface area contributed by atoms with Crippen LogP contribution in [-0.4, -0.2) is 14.5 Å². The Bertz CT molecular complexity index is 591. The average molecular weight is 229 g/mol. The number of aryl methyl sites for hydroxylation is 1. The lowest BCUT2D eigenvalue weighted by atomic mass is 10.3. The molecule has 0 saturated heterocycles. The molecular formula is C12H11N3S. The third kappa shape index (κ3) is 1.42. The second-order valence-electron chi connectivity index (χ2n) is 3.53. The van der Waals surface area contributed by atoms with E-state index in [9.17, 15) is 0 Å². The van der Waals surface area contributed by atoms with Gasteiger partial charge in [-0.05, 0) is 12.1 Å². The Hall–Kier alpha value is -1.68. The fourth-order valence-corrected chi connectivity index (χ4v) is 2.70. The zero-order valence-corrected chi connectivity index (χ0v) is 9.74. The number of aromatic nitrogens is 3. The van der Waals surface area contributed by atoms with Crippen molar-refractivity contribution in [3.63, 3.8) is 0 Å². The van der Waals surface area contributed by atoms with Crippen LogP contribution in [0.1, 0.15) is 12.7 Å². The molecule has 2 aromatic heterocycles. The monoisotopic (exact) mass is 229 g/mol. The molecule has 0 aliphatic heterocycles. The zero-order valence-electron chi connectivity index (χ0n) is 8.92. The Morgan fingerprint density at radius 3 is 3.00 bits per heavy atom. The summed E-state index contributed by atoms with van der Waals surface area (Å²) in [6.07, 6.45) is 4.71. The Morgan fingerprint density at radius 1 is 1.31 bits per heavy atom. The maximum Gasteiger partial charge on any atom is 0.196 e. The van der Waals surface area contributed by atoms with Crippen LogP contribution in [0.3, 0.4) is 0 Å². The zero-order chi connectivity index (χ0) is 11.0. The third-order valence-corrected chi connectivity index (χ3v) is 3.56. The van der Waals surface area contributed by atoms with Crippen molar-refractivity contribution in [1.29, 1.82) is 0 Å². The molecule has 16 heavy (non-hydrogen) atoms. The molecule has 2 heterocycles. The summed E-state index contributed by atoms with van der Waals surface area (Å²) in [6.45, 7) is 2.10. The molecule has 0 aliphatic carbocycles. The van der Waals surface area contributed by atoms with Crippen molar-refractivity contribution < 1.29 is 0 Å². The lowest BCUT2D eigenvalue weighted by Crippen LogP contribution is -1.97. The topological polar surface area (TPSA) is 30.7 Å². The van der Waals surface area contributed by atoms with E-state index in [0.717, 1.165) is 22.9 Å². The van der Waals surface area contributed by atoms with Crippen molar-refractivity contribution in [2.45, 2.75) is 13.3 Å². The lowest BCUT2D eigenvalue weighted by Gasteiger charge is -1.99. The maximum absolute atomic E-state index is 4.61. The van der Waals surface area contributed by atoms with Crippen LogP contribution < -0.4 is 0 Å². The number of imidazole rings is 1. The highest BCUT2D eigenvalue weighted by molar-refractivity contribution is 7.20. The van der Waals surface area contributed by atoms with Gasteiger partial charge < -0.3 is 0 Å². The molecule has 1 aromatic carbocycles. The second-order valence-corrected chi connectivity index (χ2v) is 4.54. The first-order valence-electron chi connectivity index (χ1n) is 5.26. The number of para-hydroxylation sites is 1. The molecule has 3 rings (SSSR count). The lowest BCUT2D eigenvalue weighted by molar-refractivity contribution is 0.886. The summed E-state index contributed by atoms with van der Waals surface area (Å²) in [5.74, 6) is 1.05. The minimum Gasteiger partial charge on any atom is -0.279 e. The molecule has 0 radical (unpaired) electrons. The van der Waals surface area contributed by atoms with Gasteiger partial charge in [0.25, 0.3) is 0 Å². The number of fused-ring (bicyclic) bond motifs is 1. The van der Waals surface area contributed by atoms with E-state index in [4.69, 9.17) is 0 Å². The molecule has 0 atom stereocenters. The van der Waals surface area contributed by atoms with Crippen LogP contribution in [0.4, 0.5) is 0 Å². The highest BCUT2D eigenvalue weighted by Crippen LogP contribution is 2.25. The van der Waals surface area contributed by atoms with Gasteiger partial charge in [-0.1, -0.05) is 30.4 Å². The van der Waals surface area contributed by atoms with Crippen LogP contribution in [-0.2, 0) is 6.42 Å².